The molecule has 0 aliphatic carbocycles. The molecule has 90 valence electrons. The maximum atomic E-state index is 11.8. The van der Waals surface area contributed by atoms with E-state index in [1.165, 1.54) is 13.0 Å². The minimum atomic E-state index is -1.36. The molecule has 1 unspecified atom stereocenters. The Bertz CT molecular complexity index is 542. The molecule has 2 rings (SSSR count). The van der Waals surface area contributed by atoms with Crippen LogP contribution in [0, 0.1) is 0 Å². The van der Waals surface area contributed by atoms with Gasteiger partial charge in [-0.25, -0.2) is 0 Å². The number of hydrogen-bond acceptors (Lipinski definition) is 4. The van der Waals surface area contributed by atoms with Gasteiger partial charge < -0.3 is 15.6 Å². The number of carbonyl (C=O) groups excluding carboxylic acids is 1. The van der Waals surface area contributed by atoms with Gasteiger partial charge in [-0.05, 0) is 19.1 Å². The molecule has 6 heteroatoms. The number of halogens is 2. The second kappa shape index (κ2) is 3.82. The molecule has 0 bridgehead atoms. The van der Waals surface area contributed by atoms with Crippen LogP contribution in [0.3, 0.4) is 0 Å². The first-order valence-corrected chi connectivity index (χ1v) is 5.50. The molecule has 0 aromatic heterocycles. The van der Waals surface area contributed by atoms with Gasteiger partial charge >= 0.3 is 0 Å². The van der Waals surface area contributed by atoms with Gasteiger partial charge in [0, 0.05) is 5.56 Å². The number of Topliss-reactive ketones (excluding diaryl/α,β-unsaturated/α-hetero) is 1. The summed E-state index contributed by atoms with van der Waals surface area (Å²) in [5.74, 6) is -1.46. The van der Waals surface area contributed by atoms with Gasteiger partial charge in [0.15, 0.2) is 5.60 Å². The van der Waals surface area contributed by atoms with E-state index in [2.05, 4.69) is 0 Å². The van der Waals surface area contributed by atoms with Gasteiger partial charge in [-0.15, -0.1) is 0 Å². The van der Waals surface area contributed by atoms with Gasteiger partial charge in [-0.1, -0.05) is 29.3 Å². The second-order valence-electron chi connectivity index (χ2n) is 3.81. The zero-order chi connectivity index (χ0) is 12.8. The Labute approximate surface area is 108 Å². The van der Waals surface area contributed by atoms with E-state index in [1.54, 1.807) is 12.1 Å². The SMILES string of the molecule is CC1(c2ccc(Cl)c(Cl)c2)OC(N)=C(O)C1=O. The number of rotatable bonds is 1. The third kappa shape index (κ3) is 1.73. The van der Waals surface area contributed by atoms with Crippen LogP contribution in [0.15, 0.2) is 29.8 Å². The van der Waals surface area contributed by atoms with Gasteiger partial charge in [0.05, 0.1) is 10.0 Å². The Hall–Kier alpha value is -1.39. The highest BCUT2D eigenvalue weighted by molar-refractivity contribution is 6.42. The van der Waals surface area contributed by atoms with Gasteiger partial charge in [-0.2, -0.15) is 0 Å². The summed E-state index contributed by atoms with van der Waals surface area (Å²) in [6.45, 7) is 1.50. The van der Waals surface area contributed by atoms with Crippen LogP contribution in [0.2, 0.25) is 10.0 Å². The molecule has 1 heterocycles. The quantitative estimate of drug-likeness (QED) is 0.825. The number of ether oxygens (including phenoxy) is 1. The number of hydrogen-bond donors (Lipinski definition) is 2. The number of nitrogens with two attached hydrogens (primary N) is 1. The molecule has 0 saturated carbocycles. The van der Waals surface area contributed by atoms with Gasteiger partial charge in [-0.3, -0.25) is 4.79 Å². The highest BCUT2D eigenvalue weighted by Gasteiger charge is 2.47. The molecular formula is C11H9Cl2NO3. The summed E-state index contributed by atoms with van der Waals surface area (Å²) in [4.78, 5) is 11.8. The third-order valence-electron chi connectivity index (χ3n) is 2.67. The first kappa shape index (κ1) is 12.1. The van der Waals surface area contributed by atoms with E-state index in [1.807, 2.05) is 0 Å². The second-order valence-corrected chi connectivity index (χ2v) is 4.62. The predicted octanol–water partition coefficient (Wildman–Crippen LogP) is 2.49. The van der Waals surface area contributed by atoms with Crippen LogP contribution in [-0.4, -0.2) is 10.9 Å². The van der Waals surface area contributed by atoms with Gasteiger partial charge in [0.25, 0.3) is 5.78 Å². The molecule has 0 amide bonds. The van der Waals surface area contributed by atoms with Crippen LogP contribution in [0.1, 0.15) is 12.5 Å². The van der Waals surface area contributed by atoms with E-state index in [0.29, 0.717) is 15.6 Å². The monoisotopic (exact) mass is 273 g/mol. The van der Waals surface area contributed by atoms with Crippen molar-refractivity contribution in [3.05, 3.63) is 45.5 Å². The molecule has 1 aromatic carbocycles. The summed E-state index contributed by atoms with van der Waals surface area (Å²) in [6, 6.07) is 4.65. The third-order valence-corrected chi connectivity index (χ3v) is 3.41. The van der Waals surface area contributed by atoms with Gasteiger partial charge in [0.2, 0.25) is 11.6 Å². The number of carbonyl (C=O) groups is 1. The van der Waals surface area contributed by atoms with Crippen LogP contribution >= 0.6 is 23.2 Å². The summed E-state index contributed by atoms with van der Waals surface area (Å²) in [5, 5.41) is 10.1. The molecule has 17 heavy (non-hydrogen) atoms. The summed E-state index contributed by atoms with van der Waals surface area (Å²) in [5.41, 5.74) is 4.49. The van der Waals surface area contributed by atoms with E-state index in [9.17, 15) is 9.90 Å². The van der Waals surface area contributed by atoms with Crippen molar-refractivity contribution in [1.29, 1.82) is 0 Å². The Morgan fingerprint density at radius 2 is 2.00 bits per heavy atom. The Morgan fingerprint density at radius 1 is 1.35 bits per heavy atom. The molecule has 1 aromatic rings. The number of benzene rings is 1. The lowest BCUT2D eigenvalue weighted by Crippen LogP contribution is -2.31. The Morgan fingerprint density at radius 3 is 2.47 bits per heavy atom. The molecule has 0 spiro atoms. The molecule has 0 radical (unpaired) electrons. The molecule has 1 aliphatic rings. The topological polar surface area (TPSA) is 72.6 Å². The molecule has 3 N–H and O–H groups in total. The van der Waals surface area contributed by atoms with Crippen molar-refractivity contribution in [3.8, 4) is 0 Å². The number of aliphatic hydroxyl groups excluding tert-OH is 1. The average molecular weight is 274 g/mol. The number of aliphatic hydroxyl groups is 1. The van der Waals surface area contributed by atoms with E-state index in [4.69, 9.17) is 33.7 Å². The summed E-state index contributed by atoms with van der Waals surface area (Å²) in [7, 11) is 0. The smallest absolute Gasteiger partial charge is 0.250 e. The molecule has 1 atom stereocenters. The highest BCUT2D eigenvalue weighted by atomic mass is 35.5. The van der Waals surface area contributed by atoms with E-state index < -0.39 is 17.1 Å². The number of ketones is 1. The van der Waals surface area contributed by atoms with Crippen LogP contribution in [0.4, 0.5) is 0 Å². The van der Waals surface area contributed by atoms with Crippen molar-refractivity contribution in [2.24, 2.45) is 5.73 Å². The maximum absolute atomic E-state index is 11.8. The summed E-state index contributed by atoms with van der Waals surface area (Å²) >= 11 is 11.7. The lowest BCUT2D eigenvalue weighted by molar-refractivity contribution is -0.131. The minimum Gasteiger partial charge on any atom is -0.501 e. The summed E-state index contributed by atoms with van der Waals surface area (Å²) < 4.78 is 5.21. The summed E-state index contributed by atoms with van der Waals surface area (Å²) in [6.07, 6.45) is 0. The van der Waals surface area contributed by atoms with Crippen LogP contribution < -0.4 is 5.73 Å². The first-order valence-electron chi connectivity index (χ1n) is 4.74. The van der Waals surface area contributed by atoms with Crippen LogP contribution in [-0.2, 0) is 15.1 Å². The fraction of sp³-hybridized carbons (Fsp3) is 0.182. The minimum absolute atomic E-state index is 0.288. The van der Waals surface area contributed by atoms with E-state index in [-0.39, 0.29) is 5.88 Å². The lowest BCUT2D eigenvalue weighted by atomic mass is 9.92. The average Bonchev–Trinajstić information content (AvgIpc) is 2.48. The molecule has 0 saturated heterocycles. The van der Waals surface area contributed by atoms with Crippen LogP contribution in [0.25, 0.3) is 0 Å². The zero-order valence-corrected chi connectivity index (χ0v) is 10.3. The molecular weight excluding hydrogens is 265 g/mol. The molecule has 4 nitrogen and oxygen atoms in total. The zero-order valence-electron chi connectivity index (χ0n) is 8.83. The molecule has 1 aliphatic heterocycles. The fourth-order valence-corrected chi connectivity index (χ4v) is 1.93. The Kier molecular flexibility index (Phi) is 2.72. The predicted molar refractivity (Wildman–Crippen MR) is 63.7 cm³/mol. The van der Waals surface area contributed by atoms with Crippen molar-refractivity contribution in [2.45, 2.75) is 12.5 Å². The maximum Gasteiger partial charge on any atom is 0.250 e. The fourth-order valence-electron chi connectivity index (χ4n) is 1.64. The largest absolute Gasteiger partial charge is 0.501 e. The first-order chi connectivity index (χ1) is 7.86. The lowest BCUT2D eigenvalue weighted by Gasteiger charge is -2.23. The van der Waals surface area contributed by atoms with Crippen molar-refractivity contribution in [2.75, 3.05) is 0 Å². The van der Waals surface area contributed by atoms with Crippen LogP contribution in [0.5, 0.6) is 0 Å². The van der Waals surface area contributed by atoms with Crippen molar-refractivity contribution in [3.63, 3.8) is 0 Å². The normalized spacial score (nSPS) is 24.1. The van der Waals surface area contributed by atoms with E-state index in [0.717, 1.165) is 0 Å². The van der Waals surface area contributed by atoms with Crippen molar-refractivity contribution in [1.82, 2.24) is 0 Å². The Balaban J connectivity index is 2.48. The highest BCUT2D eigenvalue weighted by Crippen LogP contribution is 2.38. The van der Waals surface area contributed by atoms with E-state index >= 15 is 0 Å². The standard InChI is InChI=1S/C11H9Cl2NO3/c1-11(9(16)8(15)10(14)17-11)5-2-3-6(12)7(13)4-5/h2-4,15H,14H2,1H3. The molecule has 0 fully saturated rings. The van der Waals surface area contributed by atoms with Crippen molar-refractivity contribution < 1.29 is 14.6 Å². The van der Waals surface area contributed by atoms with Gasteiger partial charge in [0.1, 0.15) is 0 Å². The van der Waals surface area contributed by atoms with Crippen molar-refractivity contribution >= 4 is 29.0 Å².